The molecule has 0 saturated carbocycles. The van der Waals surface area contributed by atoms with E-state index in [1.165, 1.54) is 0 Å². The molecular formula is C27H28BrNO4. The molecule has 1 unspecified atom stereocenters. The van der Waals surface area contributed by atoms with E-state index >= 15 is 0 Å². The van der Waals surface area contributed by atoms with Gasteiger partial charge in [-0.15, -0.1) is 0 Å². The van der Waals surface area contributed by atoms with Crippen molar-refractivity contribution < 1.29 is 40.6 Å². The van der Waals surface area contributed by atoms with Crippen LogP contribution in [0.1, 0.15) is 62.9 Å². The summed E-state index contributed by atoms with van der Waals surface area (Å²) >= 11 is 0. The Kier molecular flexibility index (Phi) is 7.69. The Bertz CT molecular complexity index is 1190. The molecule has 1 atom stereocenters. The number of pyridine rings is 1. The molecule has 0 N–H and O–H groups in total. The minimum absolute atomic E-state index is 0. The lowest BCUT2D eigenvalue weighted by atomic mass is 9.88. The minimum Gasteiger partial charge on any atom is -1.00 e. The van der Waals surface area contributed by atoms with Crippen LogP contribution in [0.5, 0.6) is 11.5 Å². The fourth-order valence-corrected chi connectivity index (χ4v) is 4.73. The average Bonchev–Trinajstić information content (AvgIpc) is 3.13. The maximum Gasteiger partial charge on any atom is 0.192 e. The normalized spacial score (nSPS) is 14.4. The van der Waals surface area contributed by atoms with Crippen LogP contribution in [0.3, 0.4) is 0 Å². The van der Waals surface area contributed by atoms with E-state index < -0.39 is 5.92 Å². The van der Waals surface area contributed by atoms with Crippen LogP contribution in [-0.2, 0) is 19.4 Å². The molecule has 3 aromatic rings. The Morgan fingerprint density at radius 1 is 1.06 bits per heavy atom. The summed E-state index contributed by atoms with van der Waals surface area (Å²) in [6.45, 7) is 4.31. The lowest BCUT2D eigenvalue weighted by Crippen LogP contribution is -3.00. The summed E-state index contributed by atoms with van der Waals surface area (Å²) in [5.74, 6) is 0.756. The van der Waals surface area contributed by atoms with Gasteiger partial charge in [-0.3, -0.25) is 9.59 Å². The van der Waals surface area contributed by atoms with Crippen molar-refractivity contribution in [2.45, 2.75) is 39.2 Å². The van der Waals surface area contributed by atoms with E-state index in [2.05, 4.69) is 16.7 Å². The van der Waals surface area contributed by atoms with E-state index in [1.807, 2.05) is 43.5 Å². The molecule has 1 aliphatic carbocycles. The summed E-state index contributed by atoms with van der Waals surface area (Å²) in [4.78, 5) is 26.2. The first-order chi connectivity index (χ1) is 15.5. The number of benzene rings is 2. The van der Waals surface area contributed by atoms with E-state index in [4.69, 9.17) is 9.47 Å². The second-order valence-electron chi connectivity index (χ2n) is 8.10. The predicted molar refractivity (Wildman–Crippen MR) is 122 cm³/mol. The quantitative estimate of drug-likeness (QED) is 0.356. The zero-order valence-electron chi connectivity index (χ0n) is 19.4. The lowest BCUT2D eigenvalue weighted by molar-refractivity contribution is -0.695. The van der Waals surface area contributed by atoms with Gasteiger partial charge in [0.05, 0.1) is 25.7 Å². The molecule has 0 bridgehead atoms. The van der Waals surface area contributed by atoms with Crippen LogP contribution in [0.4, 0.5) is 0 Å². The van der Waals surface area contributed by atoms with Crippen LogP contribution >= 0.6 is 0 Å². The highest BCUT2D eigenvalue weighted by Gasteiger charge is 2.37. The number of rotatable bonds is 7. The average molecular weight is 510 g/mol. The topological polar surface area (TPSA) is 56.5 Å². The molecule has 6 heteroatoms. The lowest BCUT2D eigenvalue weighted by Gasteiger charge is -2.15. The molecular weight excluding hydrogens is 482 g/mol. The molecule has 4 rings (SSSR count). The van der Waals surface area contributed by atoms with Crippen LogP contribution in [0.15, 0.2) is 54.7 Å². The Morgan fingerprint density at radius 3 is 2.33 bits per heavy atom. The smallest absolute Gasteiger partial charge is 0.192 e. The second kappa shape index (κ2) is 10.3. The third-order valence-corrected chi connectivity index (χ3v) is 6.23. The second-order valence-corrected chi connectivity index (χ2v) is 8.10. The zero-order chi connectivity index (χ0) is 22.8. The fraction of sp³-hybridized carbons (Fsp3) is 0.296. The Labute approximate surface area is 205 Å². The maximum atomic E-state index is 13.4. The number of carbonyl (C=O) groups is 2. The summed E-state index contributed by atoms with van der Waals surface area (Å²) in [6.07, 6.45) is 3.25. The number of aromatic nitrogens is 1. The number of nitrogens with zero attached hydrogens (tertiary/aromatic N) is 1. The number of ether oxygens (including phenoxy) is 2. The molecule has 0 radical (unpaired) electrons. The van der Waals surface area contributed by atoms with Crippen LogP contribution in [0, 0.1) is 0 Å². The molecule has 2 aromatic carbocycles. The van der Waals surface area contributed by atoms with Gasteiger partial charge in [-0.2, -0.15) is 4.57 Å². The summed E-state index contributed by atoms with van der Waals surface area (Å²) in [5.41, 5.74) is 5.15. The molecule has 0 fully saturated rings. The van der Waals surface area contributed by atoms with Crippen molar-refractivity contribution in [3.63, 3.8) is 0 Å². The molecule has 0 aliphatic heterocycles. The number of halogens is 1. The van der Waals surface area contributed by atoms with Gasteiger partial charge in [-0.05, 0) is 36.6 Å². The van der Waals surface area contributed by atoms with Gasteiger partial charge in [0.15, 0.2) is 41.5 Å². The van der Waals surface area contributed by atoms with E-state index in [-0.39, 0.29) is 28.5 Å². The third-order valence-electron chi connectivity index (χ3n) is 6.23. The Balaban J connectivity index is 0.00000306. The van der Waals surface area contributed by atoms with Gasteiger partial charge in [0.1, 0.15) is 0 Å². The molecule has 172 valence electrons. The summed E-state index contributed by atoms with van der Waals surface area (Å²) in [6, 6.07) is 15.7. The van der Waals surface area contributed by atoms with Crippen molar-refractivity contribution in [2.75, 3.05) is 14.2 Å². The highest BCUT2D eigenvalue weighted by molar-refractivity contribution is 6.08. The monoisotopic (exact) mass is 509 g/mol. The van der Waals surface area contributed by atoms with E-state index in [0.29, 0.717) is 42.0 Å². The Morgan fingerprint density at radius 2 is 1.73 bits per heavy atom. The van der Waals surface area contributed by atoms with Crippen molar-refractivity contribution in [1.29, 1.82) is 0 Å². The molecule has 1 aromatic heterocycles. The molecule has 1 aliphatic rings. The first-order valence-corrected chi connectivity index (χ1v) is 10.9. The first kappa shape index (κ1) is 24.6. The highest BCUT2D eigenvalue weighted by Crippen LogP contribution is 2.41. The number of ketones is 2. The van der Waals surface area contributed by atoms with Gasteiger partial charge in [0.2, 0.25) is 0 Å². The number of hydrogen-bond donors (Lipinski definition) is 0. The molecule has 0 spiro atoms. The van der Waals surface area contributed by atoms with Gasteiger partial charge in [0, 0.05) is 23.6 Å². The van der Waals surface area contributed by atoms with E-state index in [9.17, 15) is 9.59 Å². The largest absolute Gasteiger partial charge is 1.00 e. The van der Waals surface area contributed by atoms with E-state index in [1.54, 1.807) is 27.2 Å². The van der Waals surface area contributed by atoms with Gasteiger partial charge in [-0.1, -0.05) is 37.3 Å². The highest BCUT2D eigenvalue weighted by atomic mass is 79.9. The number of fused-ring (bicyclic) bond motifs is 1. The van der Waals surface area contributed by atoms with E-state index in [0.717, 1.165) is 22.4 Å². The molecule has 0 amide bonds. The molecule has 1 heterocycles. The molecule has 5 nitrogen and oxygen atoms in total. The van der Waals surface area contributed by atoms with Gasteiger partial charge >= 0.3 is 0 Å². The van der Waals surface area contributed by atoms with Crippen molar-refractivity contribution in [3.8, 4) is 11.5 Å². The van der Waals surface area contributed by atoms with Crippen LogP contribution in [0.2, 0.25) is 0 Å². The van der Waals surface area contributed by atoms with Crippen molar-refractivity contribution >= 4 is 11.6 Å². The van der Waals surface area contributed by atoms with Gasteiger partial charge < -0.3 is 26.5 Å². The maximum absolute atomic E-state index is 13.4. The van der Waals surface area contributed by atoms with Gasteiger partial charge in [0.25, 0.3) is 0 Å². The molecule has 33 heavy (non-hydrogen) atoms. The summed E-state index contributed by atoms with van der Waals surface area (Å²) < 4.78 is 12.9. The number of hydrogen-bond acceptors (Lipinski definition) is 4. The van der Waals surface area contributed by atoms with Crippen LogP contribution < -0.4 is 31.0 Å². The number of methoxy groups -OCH3 is 2. The first-order valence-electron chi connectivity index (χ1n) is 10.9. The molecule has 0 saturated heterocycles. The third kappa shape index (κ3) is 4.58. The fourth-order valence-electron chi connectivity index (χ4n) is 4.73. The standard InChI is InChI=1S/C27H28NO4.BrH/c1-5-23-26(17(2)29)20(11-12-28(23)16-18-9-7-6-8-10-18)22-13-19-14-24(31-3)25(32-4)15-21(19)27(22)30;/h6-12,14-15,22H,5,13,16H2,1-4H3;1H/q+1;/p-1. The SMILES string of the molecule is CCc1c(C(C)=O)c(C2Cc3cc(OC)c(OC)cc3C2=O)cc[n+]1Cc1ccccc1.[Br-]. The summed E-state index contributed by atoms with van der Waals surface area (Å²) in [7, 11) is 3.15. The van der Waals surface area contributed by atoms with Crippen LogP contribution in [-0.4, -0.2) is 25.8 Å². The van der Waals surface area contributed by atoms with Crippen molar-refractivity contribution in [2.24, 2.45) is 0 Å². The summed E-state index contributed by atoms with van der Waals surface area (Å²) in [5, 5.41) is 0. The predicted octanol–water partition coefficient (Wildman–Crippen LogP) is 1.33. The van der Waals surface area contributed by atoms with Crippen LogP contribution in [0.25, 0.3) is 0 Å². The van der Waals surface area contributed by atoms with Crippen molar-refractivity contribution in [1.82, 2.24) is 0 Å². The number of carbonyl (C=O) groups excluding carboxylic acids is 2. The van der Waals surface area contributed by atoms with Gasteiger partial charge in [-0.25, -0.2) is 0 Å². The Hall–Kier alpha value is -2.99. The minimum atomic E-state index is -0.391. The number of Topliss-reactive ketones (excluding diaryl/α,β-unsaturated/α-hetero) is 2. The zero-order valence-corrected chi connectivity index (χ0v) is 20.9. The van der Waals surface area contributed by atoms with Crippen molar-refractivity contribution in [3.05, 3.63) is 88.2 Å².